The van der Waals surface area contributed by atoms with E-state index in [1.807, 2.05) is 0 Å². The Morgan fingerprint density at radius 1 is 1.20 bits per heavy atom. The van der Waals surface area contributed by atoms with Gasteiger partial charge in [-0.05, 0) is 43.5 Å². The molecule has 0 saturated carbocycles. The fourth-order valence-corrected chi connectivity index (χ4v) is 2.41. The molecule has 1 amide bonds. The van der Waals surface area contributed by atoms with Gasteiger partial charge in [0.2, 0.25) is 0 Å². The molecule has 1 aromatic carbocycles. The average Bonchev–Trinajstić information content (AvgIpc) is 2.48. The van der Waals surface area contributed by atoms with E-state index in [1.54, 1.807) is 12.1 Å². The SMILES string of the molecule is CCC1(NC(=O)c2ccc(C(=O)O)cc2)CCOCC1. The average molecular weight is 277 g/mol. The molecular formula is C15H19NO4. The van der Waals surface area contributed by atoms with Crippen molar-refractivity contribution in [1.82, 2.24) is 5.32 Å². The maximum absolute atomic E-state index is 12.3. The van der Waals surface area contributed by atoms with Gasteiger partial charge in [0.05, 0.1) is 5.56 Å². The van der Waals surface area contributed by atoms with Crippen LogP contribution in [0.4, 0.5) is 0 Å². The number of benzene rings is 1. The molecule has 0 aromatic heterocycles. The van der Waals surface area contributed by atoms with Crippen LogP contribution in [-0.4, -0.2) is 35.7 Å². The number of rotatable bonds is 4. The fourth-order valence-electron chi connectivity index (χ4n) is 2.41. The molecule has 20 heavy (non-hydrogen) atoms. The minimum atomic E-state index is -0.994. The number of hydrogen-bond donors (Lipinski definition) is 2. The van der Waals surface area contributed by atoms with Crippen molar-refractivity contribution < 1.29 is 19.4 Å². The summed E-state index contributed by atoms with van der Waals surface area (Å²) in [6.07, 6.45) is 2.47. The van der Waals surface area contributed by atoms with E-state index in [0.29, 0.717) is 18.8 Å². The van der Waals surface area contributed by atoms with Crippen LogP contribution in [0.3, 0.4) is 0 Å². The third-order valence-corrected chi connectivity index (χ3v) is 3.90. The summed E-state index contributed by atoms with van der Waals surface area (Å²) in [5.41, 5.74) is 0.452. The first kappa shape index (κ1) is 14.5. The predicted molar refractivity (Wildman–Crippen MR) is 73.9 cm³/mol. The van der Waals surface area contributed by atoms with Crippen LogP contribution in [0.1, 0.15) is 46.9 Å². The van der Waals surface area contributed by atoms with Gasteiger partial charge in [0, 0.05) is 24.3 Å². The summed E-state index contributed by atoms with van der Waals surface area (Å²) in [7, 11) is 0. The Bertz CT molecular complexity index is 489. The lowest BCUT2D eigenvalue weighted by Crippen LogP contribution is -2.51. The Labute approximate surface area is 117 Å². The van der Waals surface area contributed by atoms with E-state index in [-0.39, 0.29) is 17.0 Å². The second-order valence-corrected chi connectivity index (χ2v) is 5.08. The van der Waals surface area contributed by atoms with Crippen LogP contribution in [0.2, 0.25) is 0 Å². The number of aromatic carboxylic acids is 1. The molecule has 2 rings (SSSR count). The number of carbonyl (C=O) groups is 2. The lowest BCUT2D eigenvalue weighted by atomic mass is 9.87. The summed E-state index contributed by atoms with van der Waals surface area (Å²) < 4.78 is 5.34. The van der Waals surface area contributed by atoms with E-state index >= 15 is 0 Å². The maximum Gasteiger partial charge on any atom is 0.335 e. The van der Waals surface area contributed by atoms with Crippen molar-refractivity contribution in [3.63, 3.8) is 0 Å². The van der Waals surface area contributed by atoms with Crippen molar-refractivity contribution in [3.05, 3.63) is 35.4 Å². The molecule has 5 nitrogen and oxygen atoms in total. The Balaban J connectivity index is 2.08. The molecule has 1 aliphatic heterocycles. The highest BCUT2D eigenvalue weighted by Crippen LogP contribution is 2.24. The molecule has 0 aliphatic carbocycles. The van der Waals surface area contributed by atoms with Crippen LogP contribution in [0.25, 0.3) is 0 Å². The number of ether oxygens (including phenoxy) is 1. The molecule has 1 heterocycles. The van der Waals surface area contributed by atoms with E-state index in [4.69, 9.17) is 9.84 Å². The van der Waals surface area contributed by atoms with Crippen molar-refractivity contribution in [2.75, 3.05) is 13.2 Å². The van der Waals surface area contributed by atoms with E-state index in [9.17, 15) is 9.59 Å². The minimum absolute atomic E-state index is 0.161. The van der Waals surface area contributed by atoms with Crippen LogP contribution in [0.5, 0.6) is 0 Å². The summed E-state index contributed by atoms with van der Waals surface area (Å²) in [6.45, 7) is 3.37. The van der Waals surface area contributed by atoms with Crippen LogP contribution in [0, 0.1) is 0 Å². The number of hydrogen-bond acceptors (Lipinski definition) is 3. The standard InChI is InChI=1S/C15H19NO4/c1-2-15(7-9-20-10-8-15)16-13(17)11-3-5-12(6-4-11)14(18)19/h3-6H,2,7-10H2,1H3,(H,16,17)(H,18,19). The monoisotopic (exact) mass is 277 g/mol. The maximum atomic E-state index is 12.3. The molecule has 1 aliphatic rings. The van der Waals surface area contributed by atoms with Gasteiger partial charge in [-0.3, -0.25) is 4.79 Å². The van der Waals surface area contributed by atoms with Gasteiger partial charge in [0.15, 0.2) is 0 Å². The first-order chi connectivity index (χ1) is 9.56. The van der Waals surface area contributed by atoms with Gasteiger partial charge in [-0.25, -0.2) is 4.79 Å². The Morgan fingerprint density at radius 3 is 2.25 bits per heavy atom. The van der Waals surface area contributed by atoms with Crippen molar-refractivity contribution in [2.24, 2.45) is 0 Å². The third kappa shape index (κ3) is 3.17. The first-order valence-corrected chi connectivity index (χ1v) is 6.80. The normalized spacial score (nSPS) is 17.4. The van der Waals surface area contributed by atoms with Crippen LogP contribution < -0.4 is 5.32 Å². The highest BCUT2D eigenvalue weighted by Gasteiger charge is 2.32. The fraction of sp³-hybridized carbons (Fsp3) is 0.467. The zero-order valence-electron chi connectivity index (χ0n) is 11.5. The number of amides is 1. The lowest BCUT2D eigenvalue weighted by molar-refractivity contribution is 0.0345. The van der Waals surface area contributed by atoms with E-state index in [2.05, 4.69) is 12.2 Å². The molecule has 0 atom stereocenters. The molecule has 1 fully saturated rings. The number of nitrogens with one attached hydrogen (secondary N) is 1. The summed E-state index contributed by atoms with van der Waals surface area (Å²) in [5.74, 6) is -1.16. The second-order valence-electron chi connectivity index (χ2n) is 5.08. The first-order valence-electron chi connectivity index (χ1n) is 6.80. The van der Waals surface area contributed by atoms with Gasteiger partial charge in [0.1, 0.15) is 0 Å². The van der Waals surface area contributed by atoms with Crippen molar-refractivity contribution in [2.45, 2.75) is 31.7 Å². The van der Waals surface area contributed by atoms with Gasteiger partial charge in [0.25, 0.3) is 5.91 Å². The second kappa shape index (κ2) is 6.05. The Morgan fingerprint density at radius 2 is 1.75 bits per heavy atom. The van der Waals surface area contributed by atoms with Crippen molar-refractivity contribution in [3.8, 4) is 0 Å². The summed E-state index contributed by atoms with van der Waals surface area (Å²) in [6, 6.07) is 5.97. The van der Waals surface area contributed by atoms with Crippen LogP contribution in [-0.2, 0) is 4.74 Å². The van der Waals surface area contributed by atoms with E-state index in [1.165, 1.54) is 12.1 Å². The van der Waals surface area contributed by atoms with Gasteiger partial charge in [-0.15, -0.1) is 0 Å². The Kier molecular flexibility index (Phi) is 4.39. The molecule has 5 heteroatoms. The lowest BCUT2D eigenvalue weighted by Gasteiger charge is -2.37. The summed E-state index contributed by atoms with van der Waals surface area (Å²) in [4.78, 5) is 23.0. The molecule has 108 valence electrons. The van der Waals surface area contributed by atoms with Gasteiger partial charge >= 0.3 is 5.97 Å². The zero-order chi connectivity index (χ0) is 14.6. The van der Waals surface area contributed by atoms with E-state index in [0.717, 1.165) is 19.3 Å². The molecule has 0 radical (unpaired) electrons. The van der Waals surface area contributed by atoms with Crippen molar-refractivity contribution >= 4 is 11.9 Å². The molecule has 0 bridgehead atoms. The quantitative estimate of drug-likeness (QED) is 0.883. The van der Waals surface area contributed by atoms with Gasteiger partial charge in [-0.2, -0.15) is 0 Å². The predicted octanol–water partition coefficient (Wildman–Crippen LogP) is 2.07. The summed E-state index contributed by atoms with van der Waals surface area (Å²) >= 11 is 0. The van der Waals surface area contributed by atoms with E-state index < -0.39 is 5.97 Å². The zero-order valence-corrected chi connectivity index (χ0v) is 11.5. The highest BCUT2D eigenvalue weighted by atomic mass is 16.5. The van der Waals surface area contributed by atoms with Gasteiger partial charge < -0.3 is 15.2 Å². The number of carboxylic acids is 1. The molecular weight excluding hydrogens is 258 g/mol. The minimum Gasteiger partial charge on any atom is -0.478 e. The van der Waals surface area contributed by atoms with Crippen LogP contribution in [0.15, 0.2) is 24.3 Å². The molecule has 0 spiro atoms. The number of carbonyl (C=O) groups excluding carboxylic acids is 1. The third-order valence-electron chi connectivity index (χ3n) is 3.90. The molecule has 0 unspecified atom stereocenters. The molecule has 1 aromatic rings. The largest absolute Gasteiger partial charge is 0.478 e. The topological polar surface area (TPSA) is 75.6 Å². The summed E-state index contributed by atoms with van der Waals surface area (Å²) in [5, 5.41) is 11.9. The van der Waals surface area contributed by atoms with Crippen molar-refractivity contribution in [1.29, 1.82) is 0 Å². The molecule has 2 N–H and O–H groups in total. The Hall–Kier alpha value is -1.88. The smallest absolute Gasteiger partial charge is 0.335 e. The molecule has 1 saturated heterocycles. The highest BCUT2D eigenvalue weighted by molar-refractivity contribution is 5.96. The number of carboxylic acid groups (broad SMARTS) is 1. The van der Waals surface area contributed by atoms with Crippen LogP contribution >= 0.6 is 0 Å². The van der Waals surface area contributed by atoms with Gasteiger partial charge in [-0.1, -0.05) is 6.92 Å².